The van der Waals surface area contributed by atoms with Gasteiger partial charge in [-0.05, 0) is 24.1 Å². The zero-order valence-electron chi connectivity index (χ0n) is 13.6. The first-order chi connectivity index (χ1) is 11.9. The van der Waals surface area contributed by atoms with Gasteiger partial charge in [-0.1, -0.05) is 42.5 Å². The molecule has 0 bridgehead atoms. The molecule has 0 fully saturated rings. The third-order valence-corrected chi connectivity index (χ3v) is 5.97. The molecule has 1 aliphatic rings. The van der Waals surface area contributed by atoms with Gasteiger partial charge in [0.25, 0.3) is 0 Å². The topological polar surface area (TPSA) is 72.5 Å². The maximum atomic E-state index is 13.8. The Morgan fingerprint density at radius 3 is 2.68 bits per heavy atom. The highest BCUT2D eigenvalue weighted by molar-refractivity contribution is 7.90. The van der Waals surface area contributed by atoms with Crippen molar-refractivity contribution >= 4 is 15.9 Å². The van der Waals surface area contributed by atoms with Crippen molar-refractivity contribution in [3.8, 4) is 0 Å². The standard InChI is InChI=1S/C18H18FNO4S/c1-12(14-7-4-5-9-16(14)19)25(22,23)20-18(21)10-17-15-8-3-2-6-13(15)11-24-17/h2-9,12,17H,10-11H2,1H3,(H,20,21). The van der Waals surface area contributed by atoms with Gasteiger partial charge < -0.3 is 4.74 Å². The molecule has 2 aromatic carbocycles. The minimum atomic E-state index is -4.05. The molecular formula is C18H18FNO4S. The van der Waals surface area contributed by atoms with Crippen molar-refractivity contribution in [1.29, 1.82) is 0 Å². The Kier molecular flexibility index (Phi) is 4.87. The van der Waals surface area contributed by atoms with Crippen LogP contribution in [0.25, 0.3) is 0 Å². The van der Waals surface area contributed by atoms with Crippen molar-refractivity contribution in [3.63, 3.8) is 0 Å². The van der Waals surface area contributed by atoms with Crippen LogP contribution in [0, 0.1) is 5.82 Å². The van der Waals surface area contributed by atoms with Gasteiger partial charge in [-0.2, -0.15) is 0 Å². The van der Waals surface area contributed by atoms with Crippen molar-refractivity contribution in [3.05, 3.63) is 71.0 Å². The predicted octanol–water partition coefficient (Wildman–Crippen LogP) is 2.99. The quantitative estimate of drug-likeness (QED) is 0.886. The zero-order valence-corrected chi connectivity index (χ0v) is 14.4. The molecule has 2 unspecified atom stereocenters. The monoisotopic (exact) mass is 363 g/mol. The van der Waals surface area contributed by atoms with E-state index in [0.717, 1.165) is 11.1 Å². The molecule has 0 aromatic heterocycles. The number of ether oxygens (including phenoxy) is 1. The number of hydrogen-bond donors (Lipinski definition) is 1. The van der Waals surface area contributed by atoms with Crippen LogP contribution in [0.2, 0.25) is 0 Å². The van der Waals surface area contributed by atoms with Gasteiger partial charge in [-0.15, -0.1) is 0 Å². The van der Waals surface area contributed by atoms with Crippen LogP contribution < -0.4 is 4.72 Å². The molecule has 5 nitrogen and oxygen atoms in total. The summed E-state index contributed by atoms with van der Waals surface area (Å²) in [5.41, 5.74) is 1.89. The fraction of sp³-hybridized carbons (Fsp3) is 0.278. The van der Waals surface area contributed by atoms with Crippen molar-refractivity contribution < 1.29 is 22.3 Å². The summed E-state index contributed by atoms with van der Waals surface area (Å²) in [4.78, 5) is 12.2. The van der Waals surface area contributed by atoms with Crippen LogP contribution >= 0.6 is 0 Å². The number of hydrogen-bond acceptors (Lipinski definition) is 4. The average molecular weight is 363 g/mol. The Balaban J connectivity index is 1.69. The Hall–Kier alpha value is -2.25. The van der Waals surface area contributed by atoms with E-state index in [4.69, 9.17) is 4.74 Å². The largest absolute Gasteiger partial charge is 0.368 e. The van der Waals surface area contributed by atoms with Crippen molar-refractivity contribution in [1.82, 2.24) is 4.72 Å². The van der Waals surface area contributed by atoms with E-state index in [1.807, 2.05) is 29.0 Å². The van der Waals surface area contributed by atoms with Crippen LogP contribution in [0.15, 0.2) is 48.5 Å². The van der Waals surface area contributed by atoms with Gasteiger partial charge >= 0.3 is 0 Å². The highest BCUT2D eigenvalue weighted by Crippen LogP contribution is 2.33. The summed E-state index contributed by atoms with van der Waals surface area (Å²) in [7, 11) is -4.05. The molecule has 0 aliphatic carbocycles. The lowest BCUT2D eigenvalue weighted by Crippen LogP contribution is -2.34. The van der Waals surface area contributed by atoms with E-state index in [1.165, 1.54) is 25.1 Å². The summed E-state index contributed by atoms with van der Waals surface area (Å²) in [5.74, 6) is -1.30. The zero-order chi connectivity index (χ0) is 18.0. The third kappa shape index (κ3) is 3.72. The second kappa shape index (κ2) is 6.93. The van der Waals surface area contributed by atoms with Gasteiger partial charge in [-0.3, -0.25) is 9.52 Å². The molecule has 1 aliphatic heterocycles. The highest BCUT2D eigenvalue weighted by Gasteiger charge is 2.30. The van der Waals surface area contributed by atoms with E-state index >= 15 is 0 Å². The summed E-state index contributed by atoms with van der Waals surface area (Å²) in [6.45, 7) is 1.74. The Morgan fingerprint density at radius 1 is 1.24 bits per heavy atom. The molecule has 7 heteroatoms. The molecule has 132 valence electrons. The van der Waals surface area contributed by atoms with Gasteiger partial charge in [0.2, 0.25) is 15.9 Å². The Labute approximate surface area is 145 Å². The second-order valence-corrected chi connectivity index (χ2v) is 7.94. The summed E-state index contributed by atoms with van der Waals surface area (Å²) < 4.78 is 46.1. The summed E-state index contributed by atoms with van der Waals surface area (Å²) in [6, 6.07) is 13.1. The Morgan fingerprint density at radius 2 is 1.92 bits per heavy atom. The predicted molar refractivity (Wildman–Crippen MR) is 90.5 cm³/mol. The molecular weight excluding hydrogens is 345 g/mol. The first-order valence-corrected chi connectivity index (χ1v) is 9.41. The van der Waals surface area contributed by atoms with Gasteiger partial charge in [0.05, 0.1) is 19.1 Å². The van der Waals surface area contributed by atoms with Crippen molar-refractivity contribution in [2.45, 2.75) is 31.3 Å². The maximum absolute atomic E-state index is 13.8. The number of fused-ring (bicyclic) bond motifs is 1. The molecule has 1 amide bonds. The fourth-order valence-electron chi connectivity index (χ4n) is 2.86. The van der Waals surface area contributed by atoms with E-state index in [0.29, 0.717) is 6.61 Å². The highest BCUT2D eigenvalue weighted by atomic mass is 32.2. The van der Waals surface area contributed by atoms with Gasteiger partial charge in [-0.25, -0.2) is 12.8 Å². The number of benzene rings is 2. The lowest BCUT2D eigenvalue weighted by Gasteiger charge is -2.16. The third-order valence-electron chi connectivity index (χ3n) is 4.28. The van der Waals surface area contributed by atoms with Crippen LogP contribution in [0.1, 0.15) is 41.4 Å². The minimum Gasteiger partial charge on any atom is -0.368 e. The van der Waals surface area contributed by atoms with E-state index in [9.17, 15) is 17.6 Å². The lowest BCUT2D eigenvalue weighted by atomic mass is 10.0. The summed E-state index contributed by atoms with van der Waals surface area (Å²) in [5, 5.41) is -1.19. The number of rotatable bonds is 5. The normalized spacial score (nSPS) is 17.8. The molecule has 2 aromatic rings. The van der Waals surface area contributed by atoms with Crippen LogP contribution in [0.3, 0.4) is 0 Å². The molecule has 1 N–H and O–H groups in total. The molecule has 25 heavy (non-hydrogen) atoms. The SMILES string of the molecule is CC(c1ccccc1F)S(=O)(=O)NC(=O)CC1OCc2ccccc21. The summed E-state index contributed by atoms with van der Waals surface area (Å²) >= 11 is 0. The first kappa shape index (κ1) is 17.6. The Bertz CT molecular complexity index is 897. The van der Waals surface area contributed by atoms with Crippen LogP contribution in [-0.2, 0) is 26.2 Å². The number of carbonyl (C=O) groups is 1. The molecule has 2 atom stereocenters. The lowest BCUT2D eigenvalue weighted by molar-refractivity contribution is -0.122. The summed E-state index contributed by atoms with van der Waals surface area (Å²) in [6.07, 6.45) is -0.588. The average Bonchev–Trinajstić information content (AvgIpc) is 2.97. The van der Waals surface area contributed by atoms with E-state index in [2.05, 4.69) is 0 Å². The first-order valence-electron chi connectivity index (χ1n) is 7.87. The molecule has 0 spiro atoms. The fourth-order valence-corrected chi connectivity index (χ4v) is 3.96. The molecule has 0 saturated heterocycles. The molecule has 0 radical (unpaired) electrons. The number of nitrogens with one attached hydrogen (secondary N) is 1. The minimum absolute atomic E-state index is 0.0188. The number of amides is 1. The van der Waals surface area contributed by atoms with Gasteiger partial charge in [0.15, 0.2) is 0 Å². The maximum Gasteiger partial charge on any atom is 0.241 e. The van der Waals surface area contributed by atoms with E-state index in [-0.39, 0.29) is 12.0 Å². The number of carbonyl (C=O) groups excluding carboxylic acids is 1. The van der Waals surface area contributed by atoms with Crippen molar-refractivity contribution in [2.24, 2.45) is 0 Å². The van der Waals surface area contributed by atoms with Crippen molar-refractivity contribution in [2.75, 3.05) is 0 Å². The van der Waals surface area contributed by atoms with E-state index in [1.54, 1.807) is 6.07 Å². The smallest absolute Gasteiger partial charge is 0.241 e. The van der Waals surface area contributed by atoms with Crippen LogP contribution in [0.4, 0.5) is 4.39 Å². The number of halogens is 1. The van der Waals surface area contributed by atoms with E-state index < -0.39 is 33.1 Å². The van der Waals surface area contributed by atoms with Crippen LogP contribution in [-0.4, -0.2) is 14.3 Å². The molecule has 0 saturated carbocycles. The van der Waals surface area contributed by atoms with Gasteiger partial charge in [0, 0.05) is 5.56 Å². The van der Waals surface area contributed by atoms with Gasteiger partial charge in [0.1, 0.15) is 11.1 Å². The molecule has 1 heterocycles. The molecule has 3 rings (SSSR count). The number of sulfonamides is 1. The second-order valence-electron chi connectivity index (χ2n) is 5.94. The van der Waals surface area contributed by atoms with Crippen LogP contribution in [0.5, 0.6) is 0 Å².